The van der Waals surface area contributed by atoms with Crippen LogP contribution in [0.3, 0.4) is 0 Å². The van der Waals surface area contributed by atoms with Gasteiger partial charge in [0.2, 0.25) is 0 Å². The number of hydrogen-bond donors (Lipinski definition) is 0. The summed E-state index contributed by atoms with van der Waals surface area (Å²) in [6.07, 6.45) is 0. The van der Waals surface area contributed by atoms with Crippen molar-refractivity contribution in [1.29, 1.82) is 0 Å². The second kappa shape index (κ2) is 4.47. The number of ether oxygens (including phenoxy) is 1. The number of carbonyl (C=O) groups excluding carboxylic acids is 1. The molecule has 2 nitrogen and oxygen atoms in total. The van der Waals surface area contributed by atoms with E-state index in [1.54, 1.807) is 20.1 Å². The van der Waals surface area contributed by atoms with Crippen LogP contribution in [0.2, 0.25) is 0 Å². The fraction of sp³-hybridized carbons (Fsp3) is 0.364. The van der Waals surface area contributed by atoms with E-state index >= 15 is 0 Å². The maximum Gasteiger partial charge on any atom is 0.180 e. The third kappa shape index (κ3) is 2.26. The van der Waals surface area contributed by atoms with Gasteiger partial charge in [0.05, 0.1) is 12.5 Å². The van der Waals surface area contributed by atoms with Crippen LogP contribution in [0.4, 0.5) is 0 Å². The van der Waals surface area contributed by atoms with Crippen molar-refractivity contribution in [3.05, 3.63) is 29.3 Å². The summed E-state index contributed by atoms with van der Waals surface area (Å²) >= 11 is 5.74. The summed E-state index contributed by atoms with van der Waals surface area (Å²) < 4.78 is 5.04. The Morgan fingerprint density at radius 3 is 2.64 bits per heavy atom. The van der Waals surface area contributed by atoms with Crippen molar-refractivity contribution in [3.63, 3.8) is 0 Å². The highest BCUT2D eigenvalue weighted by molar-refractivity contribution is 6.33. The van der Waals surface area contributed by atoms with Gasteiger partial charge in [0.1, 0.15) is 5.75 Å². The zero-order chi connectivity index (χ0) is 10.7. The molecular weight excluding hydrogens is 200 g/mol. The number of ketones is 1. The van der Waals surface area contributed by atoms with Crippen LogP contribution in [0.25, 0.3) is 0 Å². The van der Waals surface area contributed by atoms with E-state index in [4.69, 9.17) is 16.3 Å². The number of carbonyl (C=O) groups is 1. The number of aryl methyl sites for hydroxylation is 1. The first kappa shape index (κ1) is 11.1. The SMILES string of the molecule is COc1ccc(C)c(C(=O)C(C)Cl)c1. The Morgan fingerprint density at radius 2 is 2.14 bits per heavy atom. The number of rotatable bonds is 3. The quantitative estimate of drug-likeness (QED) is 0.569. The zero-order valence-corrected chi connectivity index (χ0v) is 9.26. The molecule has 14 heavy (non-hydrogen) atoms. The first-order valence-corrected chi connectivity index (χ1v) is 4.83. The van der Waals surface area contributed by atoms with Crippen LogP contribution in [-0.4, -0.2) is 18.3 Å². The summed E-state index contributed by atoms with van der Waals surface area (Å²) in [7, 11) is 1.57. The van der Waals surface area contributed by atoms with Crippen molar-refractivity contribution in [1.82, 2.24) is 0 Å². The molecular formula is C11H13ClO2. The number of halogens is 1. The Bertz CT molecular complexity index is 345. The summed E-state index contributed by atoms with van der Waals surface area (Å²) in [5.41, 5.74) is 1.55. The average molecular weight is 213 g/mol. The molecule has 0 aliphatic rings. The van der Waals surface area contributed by atoms with Crippen molar-refractivity contribution in [2.45, 2.75) is 19.2 Å². The highest BCUT2D eigenvalue weighted by atomic mass is 35.5. The maximum atomic E-state index is 11.6. The normalized spacial score (nSPS) is 12.3. The van der Waals surface area contributed by atoms with Crippen LogP contribution in [0, 0.1) is 6.92 Å². The van der Waals surface area contributed by atoms with Crippen molar-refractivity contribution >= 4 is 17.4 Å². The van der Waals surface area contributed by atoms with Crippen LogP contribution >= 0.6 is 11.6 Å². The van der Waals surface area contributed by atoms with Gasteiger partial charge in [0, 0.05) is 5.56 Å². The number of methoxy groups -OCH3 is 1. The van der Waals surface area contributed by atoms with Crippen LogP contribution in [0.1, 0.15) is 22.8 Å². The van der Waals surface area contributed by atoms with Crippen LogP contribution in [0.5, 0.6) is 5.75 Å². The highest BCUT2D eigenvalue weighted by Crippen LogP contribution is 2.19. The van der Waals surface area contributed by atoms with E-state index < -0.39 is 5.38 Å². The molecule has 0 spiro atoms. The van der Waals surface area contributed by atoms with Crippen molar-refractivity contribution in [3.8, 4) is 5.75 Å². The lowest BCUT2D eigenvalue weighted by Gasteiger charge is -2.08. The summed E-state index contributed by atoms with van der Waals surface area (Å²) in [6, 6.07) is 5.40. The molecule has 0 amide bonds. The minimum absolute atomic E-state index is 0.0666. The molecule has 0 N–H and O–H groups in total. The molecule has 0 aliphatic heterocycles. The lowest BCUT2D eigenvalue weighted by molar-refractivity contribution is 0.0991. The van der Waals surface area contributed by atoms with Gasteiger partial charge in [-0.05, 0) is 31.5 Å². The molecule has 3 heteroatoms. The van der Waals surface area contributed by atoms with Gasteiger partial charge in [-0.25, -0.2) is 0 Å². The third-order valence-electron chi connectivity index (χ3n) is 2.07. The largest absolute Gasteiger partial charge is 0.497 e. The molecule has 1 aromatic carbocycles. The predicted octanol–water partition coefficient (Wildman–Crippen LogP) is 2.81. The number of hydrogen-bond acceptors (Lipinski definition) is 2. The first-order chi connectivity index (χ1) is 6.56. The van der Waals surface area contributed by atoms with E-state index in [0.717, 1.165) is 5.56 Å². The number of alkyl halides is 1. The Morgan fingerprint density at radius 1 is 1.50 bits per heavy atom. The van der Waals surface area contributed by atoms with Gasteiger partial charge in [0.25, 0.3) is 0 Å². The molecule has 1 rings (SSSR count). The van der Waals surface area contributed by atoms with Gasteiger partial charge in [0.15, 0.2) is 5.78 Å². The molecule has 1 atom stereocenters. The summed E-state index contributed by atoms with van der Waals surface area (Å²) in [5.74, 6) is 0.610. The smallest absolute Gasteiger partial charge is 0.180 e. The molecule has 0 aliphatic carbocycles. The van der Waals surface area contributed by atoms with Crippen LogP contribution in [0.15, 0.2) is 18.2 Å². The standard InChI is InChI=1S/C11H13ClO2/c1-7-4-5-9(14-3)6-10(7)11(13)8(2)12/h4-6,8H,1-3H3. The monoisotopic (exact) mass is 212 g/mol. The third-order valence-corrected chi connectivity index (χ3v) is 2.27. The second-order valence-corrected chi connectivity index (χ2v) is 3.82. The van der Waals surface area contributed by atoms with Gasteiger partial charge < -0.3 is 4.74 Å². The summed E-state index contributed by atoms with van der Waals surface area (Å²) in [6.45, 7) is 3.55. The number of benzene rings is 1. The summed E-state index contributed by atoms with van der Waals surface area (Å²) in [5, 5.41) is -0.499. The minimum atomic E-state index is -0.499. The minimum Gasteiger partial charge on any atom is -0.497 e. The lowest BCUT2D eigenvalue weighted by Crippen LogP contribution is -2.12. The fourth-order valence-electron chi connectivity index (χ4n) is 1.21. The highest BCUT2D eigenvalue weighted by Gasteiger charge is 2.15. The molecule has 76 valence electrons. The van der Waals surface area contributed by atoms with E-state index in [0.29, 0.717) is 11.3 Å². The Labute approximate surface area is 88.8 Å². The molecule has 0 heterocycles. The van der Waals surface area contributed by atoms with Gasteiger partial charge in [-0.15, -0.1) is 11.6 Å². The lowest BCUT2D eigenvalue weighted by atomic mass is 10.0. The van der Waals surface area contributed by atoms with Gasteiger partial charge >= 0.3 is 0 Å². The Kier molecular flexibility index (Phi) is 3.53. The molecule has 0 fully saturated rings. The molecule has 0 aromatic heterocycles. The zero-order valence-electron chi connectivity index (χ0n) is 8.50. The average Bonchev–Trinajstić information content (AvgIpc) is 2.17. The van der Waals surface area contributed by atoms with Gasteiger partial charge in [-0.3, -0.25) is 4.79 Å². The van der Waals surface area contributed by atoms with Crippen molar-refractivity contribution in [2.75, 3.05) is 7.11 Å². The second-order valence-electron chi connectivity index (χ2n) is 3.16. The van der Waals surface area contributed by atoms with E-state index in [9.17, 15) is 4.79 Å². The molecule has 0 saturated heterocycles. The molecule has 0 saturated carbocycles. The Hall–Kier alpha value is -1.02. The van der Waals surface area contributed by atoms with E-state index in [2.05, 4.69) is 0 Å². The van der Waals surface area contributed by atoms with Crippen molar-refractivity contribution in [2.24, 2.45) is 0 Å². The van der Waals surface area contributed by atoms with Crippen molar-refractivity contribution < 1.29 is 9.53 Å². The van der Waals surface area contributed by atoms with Gasteiger partial charge in [-0.1, -0.05) is 6.07 Å². The molecule has 0 radical (unpaired) electrons. The fourth-order valence-corrected chi connectivity index (χ4v) is 1.33. The molecule has 1 aromatic rings. The Balaban J connectivity index is 3.12. The van der Waals surface area contributed by atoms with E-state index in [1.165, 1.54) is 0 Å². The predicted molar refractivity (Wildman–Crippen MR) is 57.4 cm³/mol. The number of Topliss-reactive ketones (excluding diaryl/α,β-unsaturated/α-hetero) is 1. The maximum absolute atomic E-state index is 11.6. The van der Waals surface area contributed by atoms with E-state index in [-0.39, 0.29) is 5.78 Å². The molecule has 0 bridgehead atoms. The molecule has 1 unspecified atom stereocenters. The van der Waals surface area contributed by atoms with E-state index in [1.807, 2.05) is 19.1 Å². The van der Waals surface area contributed by atoms with Crippen LogP contribution < -0.4 is 4.74 Å². The summed E-state index contributed by atoms with van der Waals surface area (Å²) in [4.78, 5) is 11.6. The van der Waals surface area contributed by atoms with Crippen LogP contribution in [-0.2, 0) is 0 Å². The first-order valence-electron chi connectivity index (χ1n) is 4.39. The van der Waals surface area contributed by atoms with Gasteiger partial charge in [-0.2, -0.15) is 0 Å². The topological polar surface area (TPSA) is 26.3 Å².